The van der Waals surface area contributed by atoms with E-state index in [1.54, 1.807) is 6.07 Å². The number of hydrogen-bond acceptors (Lipinski definition) is 8. The molecule has 0 heterocycles. The van der Waals surface area contributed by atoms with Crippen LogP contribution in [0, 0.1) is 22.5 Å². The lowest BCUT2D eigenvalue weighted by molar-refractivity contribution is -0.386. The van der Waals surface area contributed by atoms with Crippen molar-refractivity contribution in [1.82, 2.24) is 0 Å². The minimum Gasteiger partial charge on any atom is -0.460 e. The Labute approximate surface area is 149 Å². The summed E-state index contributed by atoms with van der Waals surface area (Å²) in [7, 11) is 0. The van der Waals surface area contributed by atoms with E-state index in [9.17, 15) is 24.8 Å². The molecule has 0 saturated carbocycles. The molecule has 1 unspecified atom stereocenters. The largest absolute Gasteiger partial charge is 0.460 e. The minimum absolute atomic E-state index is 0.0803. The number of esters is 2. The quantitative estimate of drug-likeness (QED) is 0.212. The van der Waals surface area contributed by atoms with Crippen LogP contribution >= 0.6 is 0 Å². The standard InChI is InChI=1S/C17H17NO8/c1-2-9-25-16(20)7-8-17(21)26-12-14(19)11-24-10-13-5-3-4-6-15(13)18(22)23/h1,3-8,14,19H,9-12H2/b8-7-. The van der Waals surface area contributed by atoms with E-state index >= 15 is 0 Å². The molecule has 0 radical (unpaired) electrons. The van der Waals surface area contributed by atoms with E-state index in [-0.39, 0.29) is 32.1 Å². The maximum absolute atomic E-state index is 11.4. The fourth-order valence-electron chi connectivity index (χ4n) is 1.69. The van der Waals surface area contributed by atoms with Gasteiger partial charge in [0, 0.05) is 18.2 Å². The molecule has 9 heteroatoms. The second-order valence-corrected chi connectivity index (χ2v) is 4.83. The monoisotopic (exact) mass is 363 g/mol. The number of aliphatic hydroxyl groups excluding tert-OH is 1. The number of nitro benzene ring substituents is 1. The van der Waals surface area contributed by atoms with Gasteiger partial charge in [0.1, 0.15) is 12.7 Å². The van der Waals surface area contributed by atoms with Crippen molar-refractivity contribution in [2.24, 2.45) is 0 Å². The first-order chi connectivity index (χ1) is 12.4. The summed E-state index contributed by atoms with van der Waals surface area (Å²) in [6, 6.07) is 6.04. The first-order valence-corrected chi connectivity index (χ1v) is 7.37. The Morgan fingerprint density at radius 2 is 1.88 bits per heavy atom. The van der Waals surface area contributed by atoms with Gasteiger partial charge < -0.3 is 19.3 Å². The molecule has 1 N–H and O–H groups in total. The van der Waals surface area contributed by atoms with Crippen molar-refractivity contribution in [2.75, 3.05) is 19.8 Å². The third-order valence-electron chi connectivity index (χ3n) is 2.83. The minimum atomic E-state index is -1.14. The number of nitrogens with zero attached hydrogens (tertiary/aromatic N) is 1. The molecular weight excluding hydrogens is 346 g/mol. The lowest BCUT2D eigenvalue weighted by Gasteiger charge is -2.11. The molecule has 0 aliphatic rings. The second-order valence-electron chi connectivity index (χ2n) is 4.83. The zero-order valence-corrected chi connectivity index (χ0v) is 13.7. The van der Waals surface area contributed by atoms with Gasteiger partial charge in [-0.2, -0.15) is 0 Å². The molecule has 9 nitrogen and oxygen atoms in total. The summed E-state index contributed by atoms with van der Waals surface area (Å²) >= 11 is 0. The van der Waals surface area contributed by atoms with E-state index < -0.39 is 23.0 Å². The third kappa shape index (κ3) is 8.05. The Morgan fingerprint density at radius 1 is 1.23 bits per heavy atom. The van der Waals surface area contributed by atoms with Gasteiger partial charge in [0.2, 0.25) is 0 Å². The number of carbonyl (C=O) groups excluding carboxylic acids is 2. The summed E-state index contributed by atoms with van der Waals surface area (Å²) in [6.45, 7) is -0.871. The highest BCUT2D eigenvalue weighted by Gasteiger charge is 2.13. The van der Waals surface area contributed by atoms with Crippen molar-refractivity contribution in [2.45, 2.75) is 12.7 Å². The van der Waals surface area contributed by atoms with Gasteiger partial charge >= 0.3 is 11.9 Å². The SMILES string of the molecule is C#CCOC(=O)/C=C\C(=O)OCC(O)COCc1ccccc1[N+](=O)[O-]. The Morgan fingerprint density at radius 3 is 2.54 bits per heavy atom. The van der Waals surface area contributed by atoms with E-state index in [1.807, 2.05) is 0 Å². The van der Waals surface area contributed by atoms with E-state index in [0.717, 1.165) is 12.2 Å². The van der Waals surface area contributed by atoms with E-state index in [0.29, 0.717) is 5.56 Å². The third-order valence-corrected chi connectivity index (χ3v) is 2.83. The highest BCUT2D eigenvalue weighted by atomic mass is 16.6. The number of benzene rings is 1. The van der Waals surface area contributed by atoms with Gasteiger partial charge in [-0.05, 0) is 6.07 Å². The van der Waals surface area contributed by atoms with Gasteiger partial charge in [-0.1, -0.05) is 18.1 Å². The summed E-state index contributed by atoms with van der Waals surface area (Å²) in [5.41, 5.74) is 0.269. The molecule has 1 aromatic carbocycles. The molecular formula is C17H17NO8. The number of hydrogen-bond donors (Lipinski definition) is 1. The Bertz CT molecular complexity index is 707. The lowest BCUT2D eigenvalue weighted by Crippen LogP contribution is -2.23. The molecule has 0 saturated heterocycles. The number of carbonyl (C=O) groups is 2. The molecule has 1 rings (SSSR count). The summed E-state index contributed by atoms with van der Waals surface area (Å²) in [4.78, 5) is 32.8. The van der Waals surface area contributed by atoms with Gasteiger partial charge in [0.15, 0.2) is 6.61 Å². The Hall–Kier alpha value is -3.22. The second kappa shape index (κ2) is 11.4. The van der Waals surface area contributed by atoms with E-state index in [2.05, 4.69) is 10.7 Å². The maximum Gasteiger partial charge on any atom is 0.331 e. The highest BCUT2D eigenvalue weighted by molar-refractivity contribution is 5.91. The van der Waals surface area contributed by atoms with Crippen LogP contribution in [0.4, 0.5) is 5.69 Å². The molecule has 0 spiro atoms. The van der Waals surface area contributed by atoms with E-state index in [1.165, 1.54) is 18.2 Å². The van der Waals surface area contributed by atoms with Gasteiger partial charge in [0.25, 0.3) is 5.69 Å². The van der Waals surface area contributed by atoms with Crippen molar-refractivity contribution in [3.05, 3.63) is 52.1 Å². The van der Waals surface area contributed by atoms with Crippen molar-refractivity contribution >= 4 is 17.6 Å². The predicted octanol–water partition coefficient (Wildman–Crippen LogP) is 0.748. The fraction of sp³-hybridized carbons (Fsp3) is 0.294. The van der Waals surface area contributed by atoms with Crippen LogP contribution < -0.4 is 0 Å². The zero-order chi connectivity index (χ0) is 19.4. The van der Waals surface area contributed by atoms with Crippen LogP contribution in [0.5, 0.6) is 0 Å². The van der Waals surface area contributed by atoms with Crippen LogP contribution in [0.2, 0.25) is 0 Å². The van der Waals surface area contributed by atoms with Crippen LogP contribution in [0.25, 0.3) is 0 Å². The molecule has 0 aliphatic heterocycles. The van der Waals surface area contributed by atoms with Crippen molar-refractivity contribution in [3.63, 3.8) is 0 Å². The van der Waals surface area contributed by atoms with Crippen molar-refractivity contribution in [3.8, 4) is 12.3 Å². The first-order valence-electron chi connectivity index (χ1n) is 7.37. The first kappa shape index (κ1) is 20.8. The number of para-hydroxylation sites is 1. The Balaban J connectivity index is 2.31. The molecule has 0 aromatic heterocycles. The van der Waals surface area contributed by atoms with E-state index in [4.69, 9.17) is 15.9 Å². The summed E-state index contributed by atoms with van der Waals surface area (Å²) in [5, 5.41) is 20.5. The molecule has 1 atom stereocenters. The van der Waals surface area contributed by atoms with Crippen LogP contribution in [-0.4, -0.2) is 47.9 Å². The zero-order valence-electron chi connectivity index (χ0n) is 13.7. The van der Waals surface area contributed by atoms with Crippen LogP contribution in [0.3, 0.4) is 0 Å². The number of ether oxygens (including phenoxy) is 3. The van der Waals surface area contributed by atoms with Crippen LogP contribution in [0.15, 0.2) is 36.4 Å². The van der Waals surface area contributed by atoms with Crippen LogP contribution in [0.1, 0.15) is 5.56 Å². The van der Waals surface area contributed by atoms with Crippen molar-refractivity contribution in [1.29, 1.82) is 0 Å². The molecule has 1 aromatic rings. The summed E-state index contributed by atoms with van der Waals surface area (Å²) in [6.07, 6.45) is 5.44. The van der Waals surface area contributed by atoms with Gasteiger partial charge in [0.05, 0.1) is 23.7 Å². The number of nitro groups is 1. The molecule has 0 bridgehead atoms. The summed E-state index contributed by atoms with van der Waals surface area (Å²) in [5.74, 6) is 0.431. The maximum atomic E-state index is 11.4. The lowest BCUT2D eigenvalue weighted by atomic mass is 10.2. The van der Waals surface area contributed by atoms with Crippen molar-refractivity contribution < 1.29 is 33.8 Å². The molecule has 138 valence electrons. The highest BCUT2D eigenvalue weighted by Crippen LogP contribution is 2.18. The molecule has 0 amide bonds. The smallest absolute Gasteiger partial charge is 0.331 e. The average Bonchev–Trinajstić information content (AvgIpc) is 2.63. The topological polar surface area (TPSA) is 125 Å². The molecule has 0 aliphatic carbocycles. The Kier molecular flexibility index (Phi) is 9.09. The van der Waals surface area contributed by atoms with Crippen LogP contribution in [-0.2, 0) is 30.4 Å². The fourth-order valence-corrected chi connectivity index (χ4v) is 1.69. The average molecular weight is 363 g/mol. The van der Waals surface area contributed by atoms with Gasteiger partial charge in [-0.15, -0.1) is 6.42 Å². The number of rotatable bonds is 10. The summed E-state index contributed by atoms with van der Waals surface area (Å²) < 4.78 is 14.4. The normalized spacial score (nSPS) is 11.5. The predicted molar refractivity (Wildman–Crippen MR) is 88.7 cm³/mol. The molecule has 0 fully saturated rings. The number of aliphatic hydroxyl groups is 1. The molecule has 26 heavy (non-hydrogen) atoms. The number of terminal acetylenes is 1. The van der Waals surface area contributed by atoms with Gasteiger partial charge in [-0.3, -0.25) is 10.1 Å². The van der Waals surface area contributed by atoms with Gasteiger partial charge in [-0.25, -0.2) is 9.59 Å².